The number of nitrogens with zero attached hydrogens (tertiary/aromatic N) is 2. The Bertz CT molecular complexity index is 1230. The highest BCUT2D eigenvalue weighted by atomic mass is 19.1. The first-order valence-corrected chi connectivity index (χ1v) is 12.2. The maximum absolute atomic E-state index is 13.4. The standard InChI is InChI=1S/C27H29FN4O3/c28-20-12-10-18(11-13-20)16-31(21-6-2-1-3-7-21)25(33)17-32-26(34)24(30-27(32)35)14-19-15-29-23-9-5-4-8-22(19)23/h4-5,8-13,15,21,24,29H,1-3,6-7,14,16-17H2,(H,30,35)/t24-/m1/s1. The number of benzene rings is 2. The lowest BCUT2D eigenvalue weighted by atomic mass is 9.93. The van der Waals surface area contributed by atoms with Crippen LogP contribution in [0.4, 0.5) is 9.18 Å². The molecule has 1 aliphatic heterocycles. The van der Waals surface area contributed by atoms with Crippen LogP contribution < -0.4 is 5.32 Å². The van der Waals surface area contributed by atoms with E-state index in [0.29, 0.717) is 13.0 Å². The minimum absolute atomic E-state index is 0.0455. The first-order chi connectivity index (χ1) is 17.0. The SMILES string of the molecule is O=C1N[C@H](Cc2c[nH]c3ccccc23)C(=O)N1CC(=O)N(Cc1ccc(F)cc1)C1CCCCC1. The molecule has 2 N–H and O–H groups in total. The number of hydrogen-bond donors (Lipinski definition) is 2. The van der Waals surface area contributed by atoms with Gasteiger partial charge < -0.3 is 15.2 Å². The number of fused-ring (bicyclic) bond motifs is 1. The van der Waals surface area contributed by atoms with Gasteiger partial charge >= 0.3 is 6.03 Å². The normalized spacial score (nSPS) is 18.8. The van der Waals surface area contributed by atoms with Gasteiger partial charge in [0.05, 0.1) is 0 Å². The van der Waals surface area contributed by atoms with Crippen LogP contribution in [0.25, 0.3) is 10.9 Å². The number of para-hydroxylation sites is 1. The number of imide groups is 1. The van der Waals surface area contributed by atoms with E-state index in [1.807, 2.05) is 30.5 Å². The third-order valence-electron chi connectivity index (χ3n) is 7.10. The average molecular weight is 477 g/mol. The molecule has 0 radical (unpaired) electrons. The second-order valence-electron chi connectivity index (χ2n) is 9.43. The zero-order valence-electron chi connectivity index (χ0n) is 19.5. The summed E-state index contributed by atoms with van der Waals surface area (Å²) < 4.78 is 13.4. The quantitative estimate of drug-likeness (QED) is 0.503. The molecule has 2 fully saturated rings. The third-order valence-corrected chi connectivity index (χ3v) is 7.10. The Morgan fingerprint density at radius 3 is 2.54 bits per heavy atom. The number of carbonyl (C=O) groups excluding carboxylic acids is 3. The molecule has 8 heteroatoms. The van der Waals surface area contributed by atoms with Crippen molar-refractivity contribution in [2.75, 3.05) is 6.54 Å². The molecule has 182 valence electrons. The zero-order chi connectivity index (χ0) is 24.4. The van der Waals surface area contributed by atoms with Crippen LogP contribution in [-0.2, 0) is 22.6 Å². The van der Waals surface area contributed by atoms with Gasteiger partial charge in [0.2, 0.25) is 5.91 Å². The summed E-state index contributed by atoms with van der Waals surface area (Å²) in [4.78, 5) is 45.2. The van der Waals surface area contributed by atoms with Crippen LogP contribution in [0.5, 0.6) is 0 Å². The lowest BCUT2D eigenvalue weighted by Gasteiger charge is -2.35. The molecule has 0 unspecified atom stereocenters. The van der Waals surface area contributed by atoms with Crippen molar-refractivity contribution in [1.82, 2.24) is 20.1 Å². The topological polar surface area (TPSA) is 85.5 Å². The second-order valence-corrected chi connectivity index (χ2v) is 9.43. The Morgan fingerprint density at radius 1 is 1.03 bits per heavy atom. The molecule has 1 aromatic heterocycles. The maximum Gasteiger partial charge on any atom is 0.325 e. The van der Waals surface area contributed by atoms with E-state index in [2.05, 4.69) is 10.3 Å². The van der Waals surface area contributed by atoms with E-state index in [1.165, 1.54) is 12.1 Å². The molecule has 2 heterocycles. The molecule has 0 bridgehead atoms. The Labute approximate surface area is 203 Å². The van der Waals surface area contributed by atoms with E-state index in [-0.39, 0.29) is 30.2 Å². The van der Waals surface area contributed by atoms with Gasteiger partial charge in [-0.15, -0.1) is 0 Å². The number of H-pyrrole nitrogens is 1. The summed E-state index contributed by atoms with van der Waals surface area (Å²) in [5.41, 5.74) is 2.72. The van der Waals surface area contributed by atoms with Crippen molar-refractivity contribution >= 4 is 28.7 Å². The van der Waals surface area contributed by atoms with Crippen LogP contribution in [0.3, 0.4) is 0 Å². The van der Waals surface area contributed by atoms with E-state index in [4.69, 9.17) is 0 Å². The van der Waals surface area contributed by atoms with Crippen molar-refractivity contribution in [3.05, 3.63) is 71.7 Å². The molecule has 2 aromatic carbocycles. The molecule has 1 saturated carbocycles. The van der Waals surface area contributed by atoms with Crippen LogP contribution in [0.1, 0.15) is 43.2 Å². The first kappa shape index (κ1) is 23.1. The van der Waals surface area contributed by atoms with Gasteiger partial charge in [-0.3, -0.25) is 14.5 Å². The summed E-state index contributed by atoms with van der Waals surface area (Å²) in [7, 11) is 0. The molecule has 5 rings (SSSR count). The Kier molecular flexibility index (Phi) is 6.53. The van der Waals surface area contributed by atoms with Crippen molar-refractivity contribution in [3.63, 3.8) is 0 Å². The summed E-state index contributed by atoms with van der Waals surface area (Å²) in [5.74, 6) is -0.985. The number of rotatable bonds is 7. The zero-order valence-corrected chi connectivity index (χ0v) is 19.5. The van der Waals surface area contributed by atoms with Crippen LogP contribution >= 0.6 is 0 Å². The molecule has 4 amide bonds. The highest BCUT2D eigenvalue weighted by Crippen LogP contribution is 2.26. The number of aromatic amines is 1. The summed E-state index contributed by atoms with van der Waals surface area (Å²) in [6.07, 6.45) is 7.18. The number of hydrogen-bond acceptors (Lipinski definition) is 3. The van der Waals surface area contributed by atoms with Gasteiger partial charge in [0.25, 0.3) is 5.91 Å². The van der Waals surface area contributed by atoms with Gasteiger partial charge in [-0.1, -0.05) is 49.6 Å². The summed E-state index contributed by atoms with van der Waals surface area (Å²) in [5, 5.41) is 3.75. The van der Waals surface area contributed by atoms with E-state index in [1.54, 1.807) is 17.0 Å². The molecule has 3 aromatic rings. The van der Waals surface area contributed by atoms with Gasteiger partial charge in [0, 0.05) is 36.1 Å². The maximum atomic E-state index is 13.4. The van der Waals surface area contributed by atoms with Gasteiger partial charge in [-0.2, -0.15) is 0 Å². The van der Waals surface area contributed by atoms with Gasteiger partial charge in [-0.05, 0) is 42.2 Å². The van der Waals surface area contributed by atoms with Crippen molar-refractivity contribution in [3.8, 4) is 0 Å². The molecule has 7 nitrogen and oxygen atoms in total. The van der Waals surface area contributed by atoms with E-state index in [0.717, 1.165) is 59.0 Å². The van der Waals surface area contributed by atoms with Crippen molar-refractivity contribution < 1.29 is 18.8 Å². The van der Waals surface area contributed by atoms with Crippen molar-refractivity contribution in [1.29, 1.82) is 0 Å². The lowest BCUT2D eigenvalue weighted by Crippen LogP contribution is -2.47. The minimum atomic E-state index is -0.713. The molecule has 0 spiro atoms. The van der Waals surface area contributed by atoms with Crippen LogP contribution in [0.2, 0.25) is 0 Å². The average Bonchev–Trinajstić information content (AvgIpc) is 3.40. The predicted octanol–water partition coefficient (Wildman–Crippen LogP) is 4.13. The van der Waals surface area contributed by atoms with Crippen molar-refractivity contribution in [2.45, 2.75) is 57.2 Å². The minimum Gasteiger partial charge on any atom is -0.361 e. The fourth-order valence-electron chi connectivity index (χ4n) is 5.21. The van der Waals surface area contributed by atoms with Crippen LogP contribution in [-0.4, -0.2) is 51.3 Å². The number of urea groups is 1. The van der Waals surface area contributed by atoms with Crippen LogP contribution in [0.15, 0.2) is 54.7 Å². The summed E-state index contributed by atoms with van der Waals surface area (Å²) in [6, 6.07) is 12.7. The number of aromatic nitrogens is 1. The highest BCUT2D eigenvalue weighted by Gasteiger charge is 2.40. The molecule has 1 aliphatic carbocycles. The second kappa shape index (κ2) is 9.90. The number of nitrogens with one attached hydrogen (secondary N) is 2. The molecular formula is C27H29FN4O3. The van der Waals surface area contributed by atoms with E-state index < -0.39 is 12.1 Å². The number of carbonyl (C=O) groups is 3. The van der Waals surface area contributed by atoms with Gasteiger partial charge in [0.1, 0.15) is 18.4 Å². The predicted molar refractivity (Wildman–Crippen MR) is 130 cm³/mol. The first-order valence-electron chi connectivity index (χ1n) is 12.2. The summed E-state index contributed by atoms with van der Waals surface area (Å²) in [6.45, 7) is 0.0267. The fourth-order valence-corrected chi connectivity index (χ4v) is 5.21. The molecule has 1 atom stereocenters. The Morgan fingerprint density at radius 2 is 1.77 bits per heavy atom. The number of amides is 4. The fraction of sp³-hybridized carbons (Fsp3) is 0.370. The van der Waals surface area contributed by atoms with Crippen LogP contribution in [0, 0.1) is 5.82 Å². The Hall–Kier alpha value is -3.68. The molecule has 1 saturated heterocycles. The largest absolute Gasteiger partial charge is 0.361 e. The summed E-state index contributed by atoms with van der Waals surface area (Å²) >= 11 is 0. The smallest absolute Gasteiger partial charge is 0.325 e. The monoisotopic (exact) mass is 476 g/mol. The number of halogens is 1. The molecular weight excluding hydrogens is 447 g/mol. The van der Waals surface area contributed by atoms with E-state index in [9.17, 15) is 18.8 Å². The lowest BCUT2D eigenvalue weighted by molar-refractivity contribution is -0.140. The molecule has 2 aliphatic rings. The van der Waals surface area contributed by atoms with Crippen molar-refractivity contribution in [2.24, 2.45) is 0 Å². The molecule has 35 heavy (non-hydrogen) atoms. The third kappa shape index (κ3) is 4.92. The van der Waals surface area contributed by atoms with E-state index >= 15 is 0 Å². The highest BCUT2D eigenvalue weighted by molar-refractivity contribution is 6.06. The Balaban J connectivity index is 1.30. The van der Waals surface area contributed by atoms with Gasteiger partial charge in [-0.25, -0.2) is 9.18 Å². The van der Waals surface area contributed by atoms with Gasteiger partial charge in [0.15, 0.2) is 0 Å².